The summed E-state index contributed by atoms with van der Waals surface area (Å²) < 4.78 is 0. The van der Waals surface area contributed by atoms with Crippen LogP contribution in [0.15, 0.2) is 18.2 Å². The van der Waals surface area contributed by atoms with Crippen LogP contribution in [0.5, 0.6) is 0 Å². The van der Waals surface area contributed by atoms with E-state index in [0.29, 0.717) is 19.6 Å². The van der Waals surface area contributed by atoms with Crippen LogP contribution in [0, 0.1) is 13.8 Å². The van der Waals surface area contributed by atoms with Gasteiger partial charge in [-0.25, -0.2) is 0 Å². The summed E-state index contributed by atoms with van der Waals surface area (Å²) in [5, 5.41) is 8.52. The number of hydrogen-bond acceptors (Lipinski definition) is 5. The zero-order valence-corrected chi connectivity index (χ0v) is 18.8. The third-order valence-corrected chi connectivity index (χ3v) is 4.91. The Labute approximate surface area is 179 Å². The number of piperazine rings is 1. The van der Waals surface area contributed by atoms with Gasteiger partial charge in [0.1, 0.15) is 0 Å². The Bertz CT molecular complexity index is 744. The second kappa shape index (κ2) is 10.5. The van der Waals surface area contributed by atoms with E-state index in [1.54, 1.807) is 0 Å². The van der Waals surface area contributed by atoms with Gasteiger partial charge in [-0.3, -0.25) is 24.2 Å². The van der Waals surface area contributed by atoms with Crippen molar-refractivity contribution in [2.75, 3.05) is 51.1 Å². The van der Waals surface area contributed by atoms with Gasteiger partial charge in [0.15, 0.2) is 0 Å². The highest BCUT2D eigenvalue weighted by Gasteiger charge is 2.22. The van der Waals surface area contributed by atoms with Gasteiger partial charge in [0.25, 0.3) is 0 Å². The normalized spacial score (nSPS) is 15.5. The number of amides is 3. The number of carbonyl (C=O) groups is 3. The Hall–Kier alpha value is -2.45. The van der Waals surface area contributed by atoms with Crippen molar-refractivity contribution in [3.05, 3.63) is 29.3 Å². The van der Waals surface area contributed by atoms with Crippen LogP contribution >= 0.6 is 0 Å². The summed E-state index contributed by atoms with van der Waals surface area (Å²) in [6.07, 6.45) is 0. The van der Waals surface area contributed by atoms with E-state index in [9.17, 15) is 14.4 Å². The standard InChI is InChI=1S/C22H35N5O3/c1-16-7-6-8-17(2)21(16)24-18(28)13-23-19(29)14-26-9-11-27(12-10-26)15-20(30)25-22(3,4)5/h6-8H,9-15H2,1-5H3,(H,23,29)(H,24,28)(H,25,30). The van der Waals surface area contributed by atoms with E-state index in [1.807, 2.05) is 57.7 Å². The van der Waals surface area contributed by atoms with E-state index in [-0.39, 0.29) is 36.3 Å². The Balaban J connectivity index is 1.67. The number of nitrogens with zero attached hydrogens (tertiary/aromatic N) is 2. The number of aryl methyl sites for hydroxylation is 2. The van der Waals surface area contributed by atoms with Gasteiger partial charge in [0.2, 0.25) is 17.7 Å². The molecule has 1 heterocycles. The lowest BCUT2D eigenvalue weighted by Gasteiger charge is -2.34. The third-order valence-electron chi connectivity index (χ3n) is 4.91. The predicted octanol–water partition coefficient (Wildman–Crippen LogP) is 0.890. The number of rotatable bonds is 7. The zero-order valence-electron chi connectivity index (χ0n) is 18.8. The number of nitrogens with one attached hydrogen (secondary N) is 3. The molecule has 0 aliphatic carbocycles. The van der Waals surface area contributed by atoms with Gasteiger partial charge in [0, 0.05) is 37.4 Å². The lowest BCUT2D eigenvalue weighted by atomic mass is 10.1. The van der Waals surface area contributed by atoms with Gasteiger partial charge in [0.05, 0.1) is 19.6 Å². The van der Waals surface area contributed by atoms with Crippen molar-refractivity contribution in [2.24, 2.45) is 0 Å². The van der Waals surface area contributed by atoms with Crippen LogP contribution in [0.2, 0.25) is 0 Å². The third kappa shape index (κ3) is 8.12. The second-order valence-corrected chi connectivity index (χ2v) is 8.94. The summed E-state index contributed by atoms with van der Waals surface area (Å²) in [7, 11) is 0. The van der Waals surface area contributed by atoms with Gasteiger partial charge in [-0.1, -0.05) is 18.2 Å². The highest BCUT2D eigenvalue weighted by Crippen LogP contribution is 2.18. The quantitative estimate of drug-likeness (QED) is 0.613. The summed E-state index contributed by atoms with van der Waals surface area (Å²) >= 11 is 0. The molecule has 0 atom stereocenters. The van der Waals surface area contributed by atoms with Gasteiger partial charge >= 0.3 is 0 Å². The summed E-state index contributed by atoms with van der Waals surface area (Å²) in [5.41, 5.74) is 2.54. The van der Waals surface area contributed by atoms with Crippen LogP contribution in [0.3, 0.4) is 0 Å². The van der Waals surface area contributed by atoms with E-state index in [0.717, 1.165) is 29.9 Å². The molecule has 1 fully saturated rings. The summed E-state index contributed by atoms with van der Waals surface area (Å²) in [5.74, 6) is -0.399. The van der Waals surface area contributed by atoms with Gasteiger partial charge < -0.3 is 16.0 Å². The molecule has 0 radical (unpaired) electrons. The molecule has 1 aliphatic rings. The minimum atomic E-state index is -0.240. The number of para-hydroxylation sites is 1. The van der Waals surface area contributed by atoms with Gasteiger partial charge in [-0.05, 0) is 45.7 Å². The second-order valence-electron chi connectivity index (χ2n) is 8.94. The fourth-order valence-electron chi connectivity index (χ4n) is 3.40. The minimum absolute atomic E-state index is 0.0172. The number of hydrogen-bond donors (Lipinski definition) is 3. The first-order chi connectivity index (χ1) is 14.0. The lowest BCUT2D eigenvalue weighted by molar-refractivity contribution is -0.126. The summed E-state index contributed by atoms with van der Waals surface area (Å²) in [4.78, 5) is 40.6. The topological polar surface area (TPSA) is 93.8 Å². The molecule has 1 saturated heterocycles. The average molecular weight is 418 g/mol. The number of anilines is 1. The highest BCUT2D eigenvalue weighted by atomic mass is 16.2. The smallest absolute Gasteiger partial charge is 0.243 e. The Morgan fingerprint density at radius 2 is 1.37 bits per heavy atom. The van der Waals surface area contributed by atoms with Crippen LogP contribution in [0.25, 0.3) is 0 Å². The Morgan fingerprint density at radius 3 is 1.87 bits per heavy atom. The first-order valence-electron chi connectivity index (χ1n) is 10.4. The molecule has 0 unspecified atom stereocenters. The summed E-state index contributed by atoms with van der Waals surface area (Å²) in [6, 6.07) is 5.82. The SMILES string of the molecule is Cc1cccc(C)c1NC(=O)CNC(=O)CN1CCN(CC(=O)NC(C)(C)C)CC1. The molecule has 1 aromatic rings. The minimum Gasteiger partial charge on any atom is -0.350 e. The van der Waals surface area contributed by atoms with Gasteiger partial charge in [-0.15, -0.1) is 0 Å². The van der Waals surface area contributed by atoms with Crippen molar-refractivity contribution in [3.63, 3.8) is 0 Å². The van der Waals surface area contributed by atoms with E-state index < -0.39 is 0 Å². The fraction of sp³-hybridized carbons (Fsp3) is 0.591. The molecular formula is C22H35N5O3. The lowest BCUT2D eigenvalue weighted by Crippen LogP contribution is -2.53. The van der Waals surface area contributed by atoms with E-state index in [4.69, 9.17) is 0 Å². The van der Waals surface area contributed by atoms with Crippen LogP contribution in [0.1, 0.15) is 31.9 Å². The fourth-order valence-corrected chi connectivity index (χ4v) is 3.40. The maximum absolute atomic E-state index is 12.2. The first kappa shape index (κ1) is 23.8. The molecule has 1 aromatic carbocycles. The van der Waals surface area contributed by atoms with E-state index >= 15 is 0 Å². The van der Waals surface area contributed by atoms with Crippen molar-refractivity contribution < 1.29 is 14.4 Å². The molecular weight excluding hydrogens is 382 g/mol. The molecule has 0 spiro atoms. The van der Waals surface area contributed by atoms with Gasteiger partial charge in [-0.2, -0.15) is 0 Å². The molecule has 166 valence electrons. The molecule has 3 amide bonds. The largest absolute Gasteiger partial charge is 0.350 e. The molecule has 8 nitrogen and oxygen atoms in total. The maximum atomic E-state index is 12.2. The molecule has 0 aromatic heterocycles. The van der Waals surface area contributed by atoms with E-state index in [1.165, 1.54) is 0 Å². The van der Waals surface area contributed by atoms with Crippen molar-refractivity contribution >= 4 is 23.4 Å². The summed E-state index contributed by atoms with van der Waals surface area (Å²) in [6.45, 7) is 13.2. The van der Waals surface area contributed by atoms with Crippen molar-refractivity contribution in [3.8, 4) is 0 Å². The molecule has 8 heteroatoms. The average Bonchev–Trinajstić information content (AvgIpc) is 2.63. The molecule has 30 heavy (non-hydrogen) atoms. The maximum Gasteiger partial charge on any atom is 0.243 e. The zero-order chi connectivity index (χ0) is 22.3. The van der Waals surface area contributed by atoms with Crippen molar-refractivity contribution in [1.29, 1.82) is 0 Å². The van der Waals surface area contributed by atoms with Crippen LogP contribution in [0.4, 0.5) is 5.69 Å². The molecule has 0 bridgehead atoms. The highest BCUT2D eigenvalue weighted by molar-refractivity contribution is 5.95. The molecule has 1 aliphatic heterocycles. The molecule has 0 saturated carbocycles. The number of benzene rings is 1. The van der Waals surface area contributed by atoms with Crippen molar-refractivity contribution in [1.82, 2.24) is 20.4 Å². The Kier molecular flexibility index (Phi) is 8.37. The monoisotopic (exact) mass is 417 g/mol. The molecule has 3 N–H and O–H groups in total. The first-order valence-corrected chi connectivity index (χ1v) is 10.4. The van der Waals surface area contributed by atoms with Crippen LogP contribution in [-0.2, 0) is 14.4 Å². The van der Waals surface area contributed by atoms with Crippen molar-refractivity contribution in [2.45, 2.75) is 40.2 Å². The van der Waals surface area contributed by atoms with Crippen LogP contribution < -0.4 is 16.0 Å². The predicted molar refractivity (Wildman–Crippen MR) is 118 cm³/mol. The molecule has 2 rings (SSSR count). The Morgan fingerprint density at radius 1 is 0.867 bits per heavy atom. The van der Waals surface area contributed by atoms with E-state index in [2.05, 4.69) is 20.9 Å². The number of carbonyl (C=O) groups excluding carboxylic acids is 3. The van der Waals surface area contributed by atoms with Crippen LogP contribution in [-0.4, -0.2) is 78.9 Å².